The number of ether oxygens (including phenoxy) is 1. The maximum atomic E-state index is 8.92. The van der Waals surface area contributed by atoms with Crippen molar-refractivity contribution in [1.82, 2.24) is 29.4 Å². The van der Waals surface area contributed by atoms with E-state index >= 15 is 0 Å². The van der Waals surface area contributed by atoms with Crippen molar-refractivity contribution >= 4 is 22.9 Å². The van der Waals surface area contributed by atoms with Gasteiger partial charge < -0.3 is 24.6 Å². The van der Waals surface area contributed by atoms with Gasteiger partial charge in [-0.25, -0.2) is 4.98 Å². The van der Waals surface area contributed by atoms with E-state index in [4.69, 9.17) is 24.8 Å². The maximum absolute atomic E-state index is 8.92. The zero-order valence-corrected chi connectivity index (χ0v) is 23.0. The van der Waals surface area contributed by atoms with Gasteiger partial charge in [-0.2, -0.15) is 9.97 Å². The molecule has 0 amide bonds. The third kappa shape index (κ3) is 6.09. The van der Waals surface area contributed by atoms with Gasteiger partial charge in [0.1, 0.15) is 0 Å². The quantitative estimate of drug-likeness (QED) is 0.274. The second-order valence-corrected chi connectivity index (χ2v) is 10.6. The topological polar surface area (TPSA) is 104 Å². The van der Waals surface area contributed by atoms with Crippen molar-refractivity contribution in [3.05, 3.63) is 60.6 Å². The van der Waals surface area contributed by atoms with Crippen LogP contribution < -0.4 is 10.2 Å². The lowest BCUT2D eigenvalue weighted by atomic mass is 10.1. The monoisotopic (exact) mass is 542 g/mol. The minimum absolute atomic E-state index is 0.0673. The molecular formula is C30H38N8O2. The van der Waals surface area contributed by atoms with Crippen LogP contribution in [0.2, 0.25) is 0 Å². The molecule has 10 heteroatoms. The van der Waals surface area contributed by atoms with Crippen LogP contribution in [-0.4, -0.2) is 87.1 Å². The fourth-order valence-corrected chi connectivity index (χ4v) is 5.66. The Morgan fingerprint density at radius 3 is 2.50 bits per heavy atom. The molecule has 1 aliphatic carbocycles. The zero-order chi connectivity index (χ0) is 27.1. The van der Waals surface area contributed by atoms with E-state index in [1.807, 2.05) is 30.7 Å². The third-order valence-corrected chi connectivity index (χ3v) is 7.94. The molecule has 0 atom stereocenters. The van der Waals surface area contributed by atoms with Crippen LogP contribution in [0.4, 0.5) is 11.8 Å². The van der Waals surface area contributed by atoms with Crippen LogP contribution in [-0.2, 0) is 11.3 Å². The number of aromatic nitrogens is 5. The predicted molar refractivity (Wildman–Crippen MR) is 156 cm³/mol. The molecule has 1 saturated heterocycles. The maximum Gasteiger partial charge on any atom is 0.229 e. The second kappa shape index (κ2) is 12.7. The van der Waals surface area contributed by atoms with Gasteiger partial charge in [0.05, 0.1) is 31.8 Å². The highest BCUT2D eigenvalue weighted by molar-refractivity contribution is 5.84. The molecule has 2 aliphatic rings. The Hall–Kier alpha value is -3.60. The van der Waals surface area contributed by atoms with E-state index in [-0.39, 0.29) is 6.61 Å². The van der Waals surface area contributed by atoms with Crippen LogP contribution in [0.5, 0.6) is 0 Å². The predicted octanol–water partition coefficient (Wildman–Crippen LogP) is 3.75. The smallest absolute Gasteiger partial charge is 0.229 e. The van der Waals surface area contributed by atoms with Crippen molar-refractivity contribution in [2.75, 3.05) is 62.8 Å². The molecule has 2 fully saturated rings. The minimum atomic E-state index is 0.0673. The summed E-state index contributed by atoms with van der Waals surface area (Å²) in [6.45, 7) is 6.19. The van der Waals surface area contributed by atoms with Crippen molar-refractivity contribution in [3.8, 4) is 11.3 Å². The van der Waals surface area contributed by atoms with Gasteiger partial charge in [-0.15, -0.1) is 0 Å². The number of nitrogens with zero attached hydrogens (tertiary/aromatic N) is 7. The van der Waals surface area contributed by atoms with Gasteiger partial charge in [-0.3, -0.25) is 9.88 Å². The summed E-state index contributed by atoms with van der Waals surface area (Å²) in [7, 11) is 0. The molecule has 2 N–H and O–H groups in total. The summed E-state index contributed by atoms with van der Waals surface area (Å²) in [5, 5.41) is 12.5. The van der Waals surface area contributed by atoms with Crippen LogP contribution in [0, 0.1) is 0 Å². The molecule has 6 rings (SSSR count). The summed E-state index contributed by atoms with van der Waals surface area (Å²) in [6, 6.07) is 14.9. The number of aliphatic hydroxyl groups excluding tert-OH is 1. The van der Waals surface area contributed by atoms with Gasteiger partial charge in [0.25, 0.3) is 0 Å². The van der Waals surface area contributed by atoms with E-state index in [2.05, 4.69) is 48.9 Å². The van der Waals surface area contributed by atoms with Gasteiger partial charge in [0.2, 0.25) is 5.95 Å². The van der Waals surface area contributed by atoms with Crippen LogP contribution >= 0.6 is 0 Å². The molecule has 3 aromatic heterocycles. The number of nitrogens with one attached hydrogen (secondary N) is 1. The molecule has 210 valence electrons. The first-order valence-electron chi connectivity index (χ1n) is 14.4. The SMILES string of the molecule is OCCOCCN1CCN(c2nc(NCc3ccc(-c4ccccn4)cc3)c3ncn(C4CCCC4)c3n2)CC1. The van der Waals surface area contributed by atoms with Gasteiger partial charge in [-0.05, 0) is 30.5 Å². The largest absolute Gasteiger partial charge is 0.394 e. The van der Waals surface area contributed by atoms with Crippen LogP contribution in [0.15, 0.2) is 55.0 Å². The first kappa shape index (κ1) is 26.6. The first-order valence-corrected chi connectivity index (χ1v) is 14.4. The standard InChI is InChI=1S/C30H38N8O2/c39-18-20-40-19-17-36-13-15-37(16-14-36)30-34-28(27-29(35-30)38(22-33-27)25-5-1-2-6-25)32-21-23-8-10-24(11-9-23)26-7-3-4-12-31-26/h3-4,7-12,22,25,39H,1-2,5-6,13-21H2,(H,32,34,35). The van der Waals surface area contributed by atoms with Crippen LogP contribution in [0.25, 0.3) is 22.4 Å². The van der Waals surface area contributed by atoms with Crippen molar-refractivity contribution in [1.29, 1.82) is 0 Å². The summed E-state index contributed by atoms with van der Waals surface area (Å²) >= 11 is 0. The van der Waals surface area contributed by atoms with E-state index < -0.39 is 0 Å². The average molecular weight is 543 g/mol. The number of imidazole rings is 1. The molecule has 0 unspecified atom stereocenters. The van der Waals surface area contributed by atoms with E-state index in [1.54, 1.807) is 0 Å². The minimum Gasteiger partial charge on any atom is -0.394 e. The van der Waals surface area contributed by atoms with Gasteiger partial charge >= 0.3 is 0 Å². The number of piperazine rings is 1. The molecule has 4 aromatic rings. The summed E-state index contributed by atoms with van der Waals surface area (Å²) < 4.78 is 7.73. The second-order valence-electron chi connectivity index (χ2n) is 10.6. The number of rotatable bonds is 11. The molecule has 10 nitrogen and oxygen atoms in total. The van der Waals surface area contributed by atoms with Crippen molar-refractivity contribution < 1.29 is 9.84 Å². The van der Waals surface area contributed by atoms with Gasteiger partial charge in [0.15, 0.2) is 17.0 Å². The van der Waals surface area contributed by atoms with E-state index in [9.17, 15) is 0 Å². The van der Waals surface area contributed by atoms with E-state index in [1.165, 1.54) is 31.2 Å². The molecule has 4 heterocycles. The average Bonchev–Trinajstić information content (AvgIpc) is 3.70. The molecule has 0 radical (unpaired) electrons. The molecule has 0 bridgehead atoms. The fourth-order valence-electron chi connectivity index (χ4n) is 5.66. The van der Waals surface area contributed by atoms with Crippen LogP contribution in [0.1, 0.15) is 37.3 Å². The fraction of sp³-hybridized carbons (Fsp3) is 0.467. The summed E-state index contributed by atoms with van der Waals surface area (Å²) in [6.07, 6.45) is 8.63. The molecule has 1 saturated carbocycles. The molecular weight excluding hydrogens is 504 g/mol. The van der Waals surface area contributed by atoms with Gasteiger partial charge in [0, 0.05) is 57.1 Å². The van der Waals surface area contributed by atoms with E-state index in [0.29, 0.717) is 25.8 Å². The Morgan fingerprint density at radius 2 is 1.75 bits per heavy atom. The Bertz CT molecular complexity index is 1360. The van der Waals surface area contributed by atoms with E-state index in [0.717, 1.165) is 66.9 Å². The lowest BCUT2D eigenvalue weighted by molar-refractivity contribution is 0.0724. The number of anilines is 2. The lowest BCUT2D eigenvalue weighted by Crippen LogP contribution is -2.48. The zero-order valence-electron chi connectivity index (χ0n) is 23.0. The number of pyridine rings is 1. The van der Waals surface area contributed by atoms with Crippen molar-refractivity contribution in [3.63, 3.8) is 0 Å². The van der Waals surface area contributed by atoms with Gasteiger partial charge in [-0.1, -0.05) is 43.2 Å². The molecule has 0 spiro atoms. The lowest BCUT2D eigenvalue weighted by Gasteiger charge is -2.34. The Morgan fingerprint density at radius 1 is 0.925 bits per heavy atom. The Kier molecular flexibility index (Phi) is 8.46. The molecule has 1 aliphatic heterocycles. The number of benzene rings is 1. The number of aliphatic hydroxyl groups is 1. The first-order chi connectivity index (χ1) is 19.8. The summed E-state index contributed by atoms with van der Waals surface area (Å²) in [5.74, 6) is 1.54. The van der Waals surface area contributed by atoms with Crippen molar-refractivity contribution in [2.24, 2.45) is 0 Å². The highest BCUT2D eigenvalue weighted by Crippen LogP contribution is 2.33. The van der Waals surface area contributed by atoms with Crippen LogP contribution in [0.3, 0.4) is 0 Å². The normalized spacial score (nSPS) is 16.7. The summed E-state index contributed by atoms with van der Waals surface area (Å²) in [5.41, 5.74) is 5.00. The highest BCUT2D eigenvalue weighted by atomic mass is 16.5. The molecule has 1 aromatic carbocycles. The highest BCUT2D eigenvalue weighted by Gasteiger charge is 2.25. The van der Waals surface area contributed by atoms with Crippen molar-refractivity contribution in [2.45, 2.75) is 38.3 Å². The third-order valence-electron chi connectivity index (χ3n) is 7.94. The molecule has 40 heavy (non-hydrogen) atoms. The number of hydrogen-bond acceptors (Lipinski definition) is 9. The Balaban J connectivity index is 1.19. The summed E-state index contributed by atoms with van der Waals surface area (Å²) in [4.78, 5) is 24.0. The number of fused-ring (bicyclic) bond motifs is 1. The number of hydrogen-bond donors (Lipinski definition) is 2. The Labute approximate surface area is 235 Å².